The first-order valence-corrected chi connectivity index (χ1v) is 4.84. The van der Waals surface area contributed by atoms with Crippen molar-refractivity contribution in [2.24, 2.45) is 0 Å². The van der Waals surface area contributed by atoms with E-state index in [1.807, 2.05) is 17.0 Å². The number of carbonyl (C=O) groups excluding carboxylic acids is 1. The van der Waals surface area contributed by atoms with Crippen molar-refractivity contribution in [3.63, 3.8) is 0 Å². The van der Waals surface area contributed by atoms with Crippen LogP contribution in [0, 0.1) is 0 Å². The molecule has 5 heteroatoms. The lowest BCUT2D eigenvalue weighted by molar-refractivity contribution is -0.115. The topological polar surface area (TPSA) is 65.5 Å². The summed E-state index contributed by atoms with van der Waals surface area (Å²) in [5.41, 5.74) is 0.859. The van der Waals surface area contributed by atoms with Gasteiger partial charge in [-0.3, -0.25) is 4.79 Å². The van der Waals surface area contributed by atoms with E-state index in [2.05, 4.69) is 10.3 Å². The summed E-state index contributed by atoms with van der Waals surface area (Å²) in [5, 5.41) is 12.0. The van der Waals surface area contributed by atoms with Crippen LogP contribution in [0.25, 0.3) is 0 Å². The highest BCUT2D eigenvalue weighted by Gasteiger charge is 2.22. The van der Waals surface area contributed by atoms with E-state index in [9.17, 15) is 9.90 Å². The molecule has 1 unspecified atom stereocenters. The first-order valence-electron chi connectivity index (χ1n) is 4.84. The number of nitrogens with zero attached hydrogens (tertiary/aromatic N) is 2. The van der Waals surface area contributed by atoms with Crippen LogP contribution in [-0.4, -0.2) is 35.2 Å². The van der Waals surface area contributed by atoms with Gasteiger partial charge in [0.25, 0.3) is 0 Å². The largest absolute Gasteiger partial charge is 0.392 e. The fourth-order valence-electron chi connectivity index (χ4n) is 1.66. The van der Waals surface area contributed by atoms with Crippen molar-refractivity contribution in [3.8, 4) is 0 Å². The van der Waals surface area contributed by atoms with Crippen LogP contribution in [0.4, 0.5) is 11.5 Å². The number of amides is 1. The van der Waals surface area contributed by atoms with Gasteiger partial charge in [-0.15, -0.1) is 0 Å². The van der Waals surface area contributed by atoms with Crippen molar-refractivity contribution in [1.82, 2.24) is 4.98 Å². The van der Waals surface area contributed by atoms with Crippen LogP contribution in [-0.2, 0) is 4.79 Å². The maximum Gasteiger partial charge on any atom is 0.245 e. The summed E-state index contributed by atoms with van der Waals surface area (Å²) in [6.45, 7) is 2.40. The quantitative estimate of drug-likeness (QED) is 0.728. The van der Waals surface area contributed by atoms with E-state index in [0.29, 0.717) is 12.4 Å². The van der Waals surface area contributed by atoms with Gasteiger partial charge in [0, 0.05) is 12.7 Å². The van der Waals surface area contributed by atoms with Gasteiger partial charge in [0.15, 0.2) is 5.82 Å². The fraction of sp³-hybridized carbons (Fsp3) is 0.400. The second kappa shape index (κ2) is 3.86. The van der Waals surface area contributed by atoms with Gasteiger partial charge in [0.1, 0.15) is 0 Å². The lowest BCUT2D eigenvalue weighted by atomic mass is 10.2. The third-order valence-corrected chi connectivity index (χ3v) is 2.20. The number of rotatable bonds is 2. The molecule has 1 aliphatic heterocycles. The molecular formula is C10H13N3O2. The van der Waals surface area contributed by atoms with Crippen molar-refractivity contribution in [2.45, 2.75) is 13.0 Å². The normalized spacial score (nSPS) is 16.9. The summed E-state index contributed by atoms with van der Waals surface area (Å²) < 4.78 is 0. The molecule has 15 heavy (non-hydrogen) atoms. The lowest BCUT2D eigenvalue weighted by Crippen LogP contribution is -2.41. The van der Waals surface area contributed by atoms with E-state index in [-0.39, 0.29) is 12.5 Å². The fourth-order valence-corrected chi connectivity index (χ4v) is 1.66. The standard InChI is InChI=1S/C10H13N3O2/c1-7(14)5-13-6-9(15)12-10-8(13)3-2-4-11-10/h2-4,7,14H,5-6H2,1H3,(H,11,12,15). The minimum atomic E-state index is -0.469. The molecule has 0 saturated carbocycles. The molecule has 0 aliphatic carbocycles. The zero-order valence-corrected chi connectivity index (χ0v) is 8.47. The third kappa shape index (κ3) is 2.07. The van der Waals surface area contributed by atoms with Gasteiger partial charge in [-0.05, 0) is 19.1 Å². The molecule has 1 aliphatic rings. The molecule has 2 rings (SSSR count). The van der Waals surface area contributed by atoms with Crippen LogP contribution >= 0.6 is 0 Å². The number of aliphatic hydroxyl groups is 1. The van der Waals surface area contributed by atoms with Crippen LogP contribution in [0.2, 0.25) is 0 Å². The van der Waals surface area contributed by atoms with Gasteiger partial charge in [-0.25, -0.2) is 4.98 Å². The number of carbonyl (C=O) groups is 1. The molecule has 0 saturated heterocycles. The monoisotopic (exact) mass is 207 g/mol. The maximum absolute atomic E-state index is 11.3. The number of hydrogen-bond acceptors (Lipinski definition) is 4. The van der Waals surface area contributed by atoms with Crippen molar-refractivity contribution in [1.29, 1.82) is 0 Å². The van der Waals surface area contributed by atoms with Gasteiger partial charge in [0.05, 0.1) is 18.3 Å². The number of aromatic nitrogens is 1. The predicted molar refractivity (Wildman–Crippen MR) is 56.8 cm³/mol. The van der Waals surface area contributed by atoms with Crippen LogP contribution in [0.1, 0.15) is 6.92 Å². The molecule has 1 atom stereocenters. The van der Waals surface area contributed by atoms with E-state index in [4.69, 9.17) is 0 Å². The summed E-state index contributed by atoms with van der Waals surface area (Å²) in [6.07, 6.45) is 1.16. The number of fused-ring (bicyclic) bond motifs is 1. The number of aliphatic hydroxyl groups excluding tert-OH is 1. The van der Waals surface area contributed by atoms with E-state index >= 15 is 0 Å². The van der Waals surface area contributed by atoms with Gasteiger partial charge >= 0.3 is 0 Å². The van der Waals surface area contributed by atoms with E-state index in [0.717, 1.165) is 5.69 Å². The molecule has 1 aromatic rings. The van der Waals surface area contributed by atoms with Crippen LogP contribution in [0.5, 0.6) is 0 Å². The van der Waals surface area contributed by atoms with Crippen LogP contribution < -0.4 is 10.2 Å². The third-order valence-electron chi connectivity index (χ3n) is 2.20. The van der Waals surface area contributed by atoms with Crippen molar-refractivity contribution in [2.75, 3.05) is 23.3 Å². The minimum Gasteiger partial charge on any atom is -0.392 e. The van der Waals surface area contributed by atoms with Gasteiger partial charge in [-0.2, -0.15) is 0 Å². The molecule has 1 aromatic heterocycles. The van der Waals surface area contributed by atoms with Crippen molar-refractivity contribution in [3.05, 3.63) is 18.3 Å². The Kier molecular flexibility index (Phi) is 2.55. The Hall–Kier alpha value is -1.62. The molecule has 2 heterocycles. The number of β-amino-alcohol motifs (C(OH)–C–C–N with tert-alkyl or cyclic N) is 1. The number of hydrogen-bond donors (Lipinski definition) is 2. The number of pyridine rings is 1. The first-order chi connectivity index (χ1) is 7.16. The smallest absolute Gasteiger partial charge is 0.245 e. The molecule has 80 valence electrons. The maximum atomic E-state index is 11.3. The summed E-state index contributed by atoms with van der Waals surface area (Å²) in [6, 6.07) is 3.69. The Balaban J connectivity index is 2.30. The van der Waals surface area contributed by atoms with E-state index < -0.39 is 6.10 Å². The summed E-state index contributed by atoms with van der Waals surface area (Å²) >= 11 is 0. The number of nitrogens with one attached hydrogen (secondary N) is 1. The zero-order chi connectivity index (χ0) is 10.8. The molecule has 0 spiro atoms. The summed E-state index contributed by atoms with van der Waals surface area (Å²) in [5.74, 6) is 0.469. The lowest BCUT2D eigenvalue weighted by Gasteiger charge is -2.30. The minimum absolute atomic E-state index is 0.0955. The van der Waals surface area contributed by atoms with E-state index in [1.165, 1.54) is 0 Å². The highest BCUT2D eigenvalue weighted by Crippen LogP contribution is 2.26. The predicted octanol–water partition coefficient (Wildman–Crippen LogP) is 0.221. The Bertz CT molecular complexity index is 379. The highest BCUT2D eigenvalue weighted by atomic mass is 16.3. The molecule has 0 bridgehead atoms. The summed E-state index contributed by atoms with van der Waals surface area (Å²) in [7, 11) is 0. The zero-order valence-electron chi connectivity index (χ0n) is 8.47. The Morgan fingerprint density at radius 3 is 3.27 bits per heavy atom. The van der Waals surface area contributed by atoms with Crippen molar-refractivity contribution < 1.29 is 9.90 Å². The first kappa shape index (κ1) is 9.92. The average molecular weight is 207 g/mol. The molecule has 1 amide bonds. The Labute approximate surface area is 87.7 Å². The van der Waals surface area contributed by atoms with Crippen LogP contribution in [0.3, 0.4) is 0 Å². The van der Waals surface area contributed by atoms with Gasteiger partial charge < -0.3 is 15.3 Å². The molecule has 0 fully saturated rings. The van der Waals surface area contributed by atoms with Gasteiger partial charge in [-0.1, -0.05) is 0 Å². The summed E-state index contributed by atoms with van der Waals surface area (Å²) in [4.78, 5) is 17.2. The number of anilines is 2. The Morgan fingerprint density at radius 2 is 2.53 bits per heavy atom. The molecule has 5 nitrogen and oxygen atoms in total. The molecule has 2 N–H and O–H groups in total. The molecule has 0 radical (unpaired) electrons. The van der Waals surface area contributed by atoms with Gasteiger partial charge in [0.2, 0.25) is 5.91 Å². The van der Waals surface area contributed by atoms with Crippen LogP contribution in [0.15, 0.2) is 18.3 Å². The second-order valence-corrected chi connectivity index (χ2v) is 3.65. The molecule has 0 aromatic carbocycles. The highest BCUT2D eigenvalue weighted by molar-refractivity contribution is 5.99. The molecular weight excluding hydrogens is 194 g/mol. The average Bonchev–Trinajstić information content (AvgIpc) is 2.16. The van der Waals surface area contributed by atoms with E-state index in [1.54, 1.807) is 13.1 Å². The Morgan fingerprint density at radius 1 is 1.73 bits per heavy atom. The second-order valence-electron chi connectivity index (χ2n) is 3.65. The van der Waals surface area contributed by atoms with Crippen molar-refractivity contribution >= 4 is 17.4 Å². The SMILES string of the molecule is CC(O)CN1CC(=O)Nc2ncccc21.